The molecule has 7 heteroatoms. The van der Waals surface area contributed by atoms with Crippen LogP contribution in [0.4, 0.5) is 5.69 Å². The Bertz CT molecular complexity index is 1290. The number of fused-ring (bicyclic) bond motifs is 1. The smallest absolute Gasteiger partial charge is 0.266 e. The molecule has 0 saturated heterocycles. The van der Waals surface area contributed by atoms with E-state index in [1.807, 2.05) is 73.7 Å². The molecule has 1 unspecified atom stereocenters. The van der Waals surface area contributed by atoms with Crippen molar-refractivity contribution in [3.8, 4) is 11.4 Å². The molecule has 1 amide bonds. The summed E-state index contributed by atoms with van der Waals surface area (Å²) in [5.41, 5.74) is 1.80. The second-order valence-electron chi connectivity index (χ2n) is 7.09. The summed E-state index contributed by atoms with van der Waals surface area (Å²) in [6.45, 7) is 4.28. The maximum Gasteiger partial charge on any atom is 0.266 e. The topological polar surface area (TPSA) is 73.2 Å². The molecule has 0 spiro atoms. The number of rotatable bonds is 7. The standard InChI is InChI=1S/C25H23N3O3S/c1-3-31-20-15-13-19(14-16-20)28-24(30)21-11-7-8-12-22(21)27-25(28)32-17(2)23(29)26-18-9-5-4-6-10-18/h4-17H,3H2,1-2H3,(H,26,29). The van der Waals surface area contributed by atoms with Crippen LogP contribution in [-0.2, 0) is 4.79 Å². The number of hydrogen-bond donors (Lipinski definition) is 1. The molecule has 1 heterocycles. The summed E-state index contributed by atoms with van der Waals surface area (Å²) in [7, 11) is 0. The molecule has 0 fully saturated rings. The molecule has 162 valence electrons. The molecule has 0 saturated carbocycles. The highest BCUT2D eigenvalue weighted by atomic mass is 32.2. The lowest BCUT2D eigenvalue weighted by Gasteiger charge is -2.17. The Kier molecular flexibility index (Phi) is 6.56. The van der Waals surface area contributed by atoms with Gasteiger partial charge in [0.25, 0.3) is 5.56 Å². The third-order valence-electron chi connectivity index (χ3n) is 4.84. The lowest BCUT2D eigenvalue weighted by atomic mass is 10.2. The third kappa shape index (κ3) is 4.68. The predicted octanol–water partition coefficient (Wildman–Crippen LogP) is 4.90. The quantitative estimate of drug-likeness (QED) is 0.323. The lowest BCUT2D eigenvalue weighted by molar-refractivity contribution is -0.115. The second-order valence-corrected chi connectivity index (χ2v) is 8.40. The number of ether oxygens (including phenoxy) is 1. The van der Waals surface area contributed by atoms with Gasteiger partial charge in [-0.25, -0.2) is 4.98 Å². The molecule has 3 aromatic carbocycles. The Morgan fingerprint density at radius 2 is 1.72 bits per heavy atom. The van der Waals surface area contributed by atoms with Crippen molar-refractivity contribution in [2.75, 3.05) is 11.9 Å². The van der Waals surface area contributed by atoms with E-state index < -0.39 is 5.25 Å². The highest BCUT2D eigenvalue weighted by Crippen LogP contribution is 2.26. The van der Waals surface area contributed by atoms with Gasteiger partial charge in [0.15, 0.2) is 5.16 Å². The summed E-state index contributed by atoms with van der Waals surface area (Å²) in [5.74, 6) is 0.560. The lowest BCUT2D eigenvalue weighted by Crippen LogP contribution is -2.26. The Labute approximate surface area is 190 Å². The summed E-state index contributed by atoms with van der Waals surface area (Å²) in [5, 5.41) is 3.40. The Morgan fingerprint density at radius 1 is 1.03 bits per heavy atom. The fourth-order valence-corrected chi connectivity index (χ4v) is 4.18. The molecule has 1 aromatic heterocycles. The van der Waals surface area contributed by atoms with Crippen LogP contribution >= 0.6 is 11.8 Å². The first-order valence-electron chi connectivity index (χ1n) is 10.3. The number of nitrogens with one attached hydrogen (secondary N) is 1. The molecular formula is C25H23N3O3S. The van der Waals surface area contributed by atoms with Gasteiger partial charge in [-0.05, 0) is 62.4 Å². The number of anilines is 1. The van der Waals surface area contributed by atoms with Crippen LogP contribution in [0.3, 0.4) is 0 Å². The van der Waals surface area contributed by atoms with Crippen molar-refractivity contribution in [1.82, 2.24) is 9.55 Å². The van der Waals surface area contributed by atoms with Gasteiger partial charge in [-0.2, -0.15) is 0 Å². The number of thioether (sulfide) groups is 1. The molecule has 0 aliphatic heterocycles. The molecule has 0 bridgehead atoms. The van der Waals surface area contributed by atoms with Crippen LogP contribution in [0, 0.1) is 0 Å². The van der Waals surface area contributed by atoms with Gasteiger partial charge >= 0.3 is 0 Å². The van der Waals surface area contributed by atoms with Gasteiger partial charge in [-0.15, -0.1) is 0 Å². The number of nitrogens with zero attached hydrogens (tertiary/aromatic N) is 2. The first-order chi connectivity index (χ1) is 15.6. The van der Waals surface area contributed by atoms with E-state index in [4.69, 9.17) is 9.72 Å². The zero-order chi connectivity index (χ0) is 22.5. The highest BCUT2D eigenvalue weighted by molar-refractivity contribution is 8.00. The van der Waals surface area contributed by atoms with Crippen LogP contribution in [0.15, 0.2) is 88.8 Å². The number of benzene rings is 3. The average Bonchev–Trinajstić information content (AvgIpc) is 2.81. The van der Waals surface area contributed by atoms with Crippen molar-refractivity contribution in [3.05, 3.63) is 89.2 Å². The fraction of sp³-hybridized carbons (Fsp3) is 0.160. The van der Waals surface area contributed by atoms with Crippen LogP contribution in [0.2, 0.25) is 0 Å². The van der Waals surface area contributed by atoms with Crippen LogP contribution in [-0.4, -0.2) is 27.3 Å². The zero-order valence-electron chi connectivity index (χ0n) is 17.8. The second kappa shape index (κ2) is 9.70. The van der Waals surface area contributed by atoms with E-state index in [9.17, 15) is 9.59 Å². The molecular weight excluding hydrogens is 422 g/mol. The summed E-state index contributed by atoms with van der Waals surface area (Å²) in [4.78, 5) is 30.9. The first kappa shape index (κ1) is 21.6. The molecule has 1 N–H and O–H groups in total. The molecule has 0 radical (unpaired) electrons. The SMILES string of the molecule is CCOc1ccc(-n2c(SC(C)C(=O)Nc3ccccc3)nc3ccccc3c2=O)cc1. The minimum Gasteiger partial charge on any atom is -0.494 e. The monoisotopic (exact) mass is 445 g/mol. The van der Waals surface area contributed by atoms with Crippen molar-refractivity contribution in [2.24, 2.45) is 0 Å². The van der Waals surface area contributed by atoms with Gasteiger partial charge in [0.05, 0.1) is 28.4 Å². The number of para-hydroxylation sites is 2. The van der Waals surface area contributed by atoms with Gasteiger partial charge in [-0.3, -0.25) is 14.2 Å². The molecule has 4 aromatic rings. The maximum absolute atomic E-state index is 13.4. The predicted molar refractivity (Wildman–Crippen MR) is 129 cm³/mol. The summed E-state index contributed by atoms with van der Waals surface area (Å²) >= 11 is 1.24. The molecule has 6 nitrogen and oxygen atoms in total. The number of carbonyl (C=O) groups excluding carboxylic acids is 1. The summed E-state index contributed by atoms with van der Waals surface area (Å²) < 4.78 is 7.07. The highest BCUT2D eigenvalue weighted by Gasteiger charge is 2.20. The first-order valence-corrected chi connectivity index (χ1v) is 11.2. The van der Waals surface area contributed by atoms with E-state index in [-0.39, 0.29) is 11.5 Å². The van der Waals surface area contributed by atoms with Gasteiger partial charge in [0, 0.05) is 5.69 Å². The summed E-state index contributed by atoms with van der Waals surface area (Å²) in [6.07, 6.45) is 0. The average molecular weight is 446 g/mol. The Hall–Kier alpha value is -3.58. The van der Waals surface area contributed by atoms with E-state index in [2.05, 4.69) is 5.32 Å². The number of aromatic nitrogens is 2. The molecule has 32 heavy (non-hydrogen) atoms. The van der Waals surface area contributed by atoms with Gasteiger partial charge < -0.3 is 10.1 Å². The third-order valence-corrected chi connectivity index (χ3v) is 5.90. The van der Waals surface area contributed by atoms with Crippen molar-refractivity contribution in [1.29, 1.82) is 0 Å². The van der Waals surface area contributed by atoms with E-state index in [0.29, 0.717) is 28.4 Å². The van der Waals surface area contributed by atoms with E-state index in [0.717, 1.165) is 11.4 Å². The largest absolute Gasteiger partial charge is 0.494 e. The fourth-order valence-electron chi connectivity index (χ4n) is 3.25. The van der Waals surface area contributed by atoms with Crippen molar-refractivity contribution < 1.29 is 9.53 Å². The van der Waals surface area contributed by atoms with Crippen molar-refractivity contribution >= 4 is 34.3 Å². The normalized spacial score (nSPS) is 11.8. The van der Waals surface area contributed by atoms with E-state index in [1.165, 1.54) is 11.8 Å². The van der Waals surface area contributed by atoms with Crippen molar-refractivity contribution in [2.45, 2.75) is 24.3 Å². The Morgan fingerprint density at radius 3 is 2.44 bits per heavy atom. The van der Waals surface area contributed by atoms with Crippen LogP contribution in [0.1, 0.15) is 13.8 Å². The van der Waals surface area contributed by atoms with Gasteiger partial charge in [0.2, 0.25) is 5.91 Å². The van der Waals surface area contributed by atoms with Crippen LogP contribution in [0.25, 0.3) is 16.6 Å². The number of carbonyl (C=O) groups is 1. The van der Waals surface area contributed by atoms with Crippen LogP contribution in [0.5, 0.6) is 5.75 Å². The number of amides is 1. The van der Waals surface area contributed by atoms with Crippen molar-refractivity contribution in [3.63, 3.8) is 0 Å². The molecule has 0 aliphatic rings. The van der Waals surface area contributed by atoms with E-state index >= 15 is 0 Å². The van der Waals surface area contributed by atoms with Gasteiger partial charge in [-0.1, -0.05) is 42.1 Å². The zero-order valence-corrected chi connectivity index (χ0v) is 18.6. The minimum atomic E-state index is -0.475. The van der Waals surface area contributed by atoms with Gasteiger partial charge in [0.1, 0.15) is 5.75 Å². The summed E-state index contributed by atoms with van der Waals surface area (Å²) in [6, 6.07) is 23.8. The van der Waals surface area contributed by atoms with E-state index in [1.54, 1.807) is 23.6 Å². The molecule has 0 aliphatic carbocycles. The minimum absolute atomic E-state index is 0.165. The number of hydrogen-bond acceptors (Lipinski definition) is 5. The molecule has 4 rings (SSSR count). The van der Waals surface area contributed by atoms with Crippen LogP contribution < -0.4 is 15.6 Å². The Balaban J connectivity index is 1.71. The maximum atomic E-state index is 13.4. The molecule has 1 atom stereocenters.